The molecule has 12 aromatic rings. The standard InChI is InChI=1S/C18H15F3O2.C18H18O2.C17H14N2O6.3C17H15NO4/c1-12-8-14(11-16(9-12)23-2)17(22)7-6-13-4-3-5-15(10-13)18(19,20)21;1-13-10-16(12-17(11-13)20-3)18(19)9-8-15-7-5-4-6-14(15)2;1-11-7-13(9-15(8-11)25-2)17(20)6-4-12-3-5-14(18(21)22)10-16(12)19(23)24;1-12-9-14(11-16(10-12)22-2)17(19)8-5-13-3-6-15(7-4-13)18(20)21;1-12-8-14(11-16(9-12)22-2)17(19)7-6-13-4-3-5-15(10-13)18(20)21;1-12-9-14(11-15(10-12)22-2)17(19)8-7-13-5-3-4-6-16(13)18(20)21/h3-11H,1-2H3;4-12H,1-3H3;3-10H,1-2H3;3*3-11H,1-2H3/b7-6+;9-8+;6-4+;8-5+;7-6+;8-7+. The highest BCUT2D eigenvalue weighted by Gasteiger charge is 2.30. The molecule has 0 aliphatic heterocycles. The van der Waals surface area contributed by atoms with Crippen molar-refractivity contribution in [1.29, 1.82) is 0 Å². The molecule has 0 atom stereocenters. The van der Waals surface area contributed by atoms with Crippen LogP contribution < -0.4 is 28.4 Å². The van der Waals surface area contributed by atoms with Crippen LogP contribution in [0.15, 0.2) is 285 Å². The Morgan fingerprint density at radius 2 is 0.545 bits per heavy atom. The van der Waals surface area contributed by atoms with E-state index in [-0.39, 0.29) is 57.3 Å². The first-order valence-corrected chi connectivity index (χ1v) is 40.4. The number of methoxy groups -OCH3 is 6. The fourth-order valence-corrected chi connectivity index (χ4v) is 12.4. The van der Waals surface area contributed by atoms with Gasteiger partial charge in [0, 0.05) is 69.8 Å². The van der Waals surface area contributed by atoms with Crippen molar-refractivity contribution in [1.82, 2.24) is 0 Å². The number of para-hydroxylation sites is 1. The first kappa shape index (κ1) is 104. The van der Waals surface area contributed by atoms with Gasteiger partial charge in [0.15, 0.2) is 34.7 Å². The van der Waals surface area contributed by atoms with Crippen LogP contribution in [0.1, 0.15) is 140 Å². The zero-order valence-corrected chi connectivity index (χ0v) is 75.0. The minimum atomic E-state index is -4.40. The minimum Gasteiger partial charge on any atom is -0.497 e. The van der Waals surface area contributed by atoms with Gasteiger partial charge in [-0.15, -0.1) is 0 Å². The number of rotatable bonds is 29. The molecule has 0 saturated heterocycles. The molecular weight excluding hydrogens is 1730 g/mol. The lowest BCUT2D eigenvalue weighted by Gasteiger charge is -2.06. The fraction of sp³-hybridized carbons (Fsp3) is 0.135. The largest absolute Gasteiger partial charge is 0.497 e. The van der Waals surface area contributed by atoms with Crippen molar-refractivity contribution < 1.29 is 95.0 Å². The lowest BCUT2D eigenvalue weighted by molar-refractivity contribution is -0.394. The van der Waals surface area contributed by atoms with Gasteiger partial charge >= 0.3 is 6.18 Å². The van der Waals surface area contributed by atoms with Crippen LogP contribution in [0.4, 0.5) is 41.6 Å². The number of aryl methyl sites for hydroxylation is 7. The summed E-state index contributed by atoms with van der Waals surface area (Å²) in [5, 5.41) is 54.0. The maximum absolute atomic E-state index is 12.7. The second-order valence-corrected chi connectivity index (χ2v) is 29.4. The molecule has 0 spiro atoms. The van der Waals surface area contributed by atoms with E-state index in [1.807, 2.05) is 109 Å². The lowest BCUT2D eigenvalue weighted by atomic mass is 10.0. The van der Waals surface area contributed by atoms with Crippen molar-refractivity contribution in [2.75, 3.05) is 42.7 Å². The van der Waals surface area contributed by atoms with Gasteiger partial charge in [-0.3, -0.25) is 79.3 Å². The van der Waals surface area contributed by atoms with E-state index in [0.717, 1.165) is 74.3 Å². The number of alkyl halides is 3. The smallest absolute Gasteiger partial charge is 0.416 e. The monoisotopic (exact) mass is 1820 g/mol. The number of halogens is 3. The third kappa shape index (κ3) is 33.1. The normalized spacial score (nSPS) is 10.8. The molecule has 0 aromatic heterocycles. The van der Waals surface area contributed by atoms with Gasteiger partial charge in [-0.05, 0) is 304 Å². The predicted octanol–water partition coefficient (Wildman–Crippen LogP) is 24.3. The number of ether oxygens (including phenoxy) is 6. The van der Waals surface area contributed by atoms with Crippen LogP contribution in [0, 0.1) is 99.0 Å². The number of hydrogen-bond donors (Lipinski definition) is 0. The van der Waals surface area contributed by atoms with Crippen molar-refractivity contribution in [3.63, 3.8) is 0 Å². The van der Waals surface area contributed by atoms with Crippen molar-refractivity contribution in [3.8, 4) is 34.5 Å². The Balaban J connectivity index is 0.000000220. The molecule has 0 N–H and O–H groups in total. The van der Waals surface area contributed by atoms with Crippen LogP contribution in [0.2, 0.25) is 0 Å². The number of nitrogens with zero attached hydrogens (tertiary/aromatic N) is 5. The fourth-order valence-electron chi connectivity index (χ4n) is 12.4. The van der Waals surface area contributed by atoms with Gasteiger partial charge in [0.1, 0.15) is 34.5 Å². The number of nitro benzene ring substituents is 5. The number of nitro groups is 5. The van der Waals surface area contributed by atoms with Crippen molar-refractivity contribution in [2.24, 2.45) is 0 Å². The highest BCUT2D eigenvalue weighted by molar-refractivity contribution is 6.10. The van der Waals surface area contributed by atoms with Crippen LogP contribution in [0.25, 0.3) is 36.5 Å². The topological polar surface area (TPSA) is 373 Å². The Morgan fingerprint density at radius 1 is 0.261 bits per heavy atom. The molecule has 27 nitrogen and oxygen atoms in total. The third-order valence-electron chi connectivity index (χ3n) is 19.1. The van der Waals surface area contributed by atoms with Crippen LogP contribution in [0.3, 0.4) is 0 Å². The number of allylic oxidation sites excluding steroid dienone is 6. The Hall–Kier alpha value is -17.3. The Labute approximate surface area is 769 Å². The summed E-state index contributed by atoms with van der Waals surface area (Å²) in [5.74, 6) is 2.38. The summed E-state index contributed by atoms with van der Waals surface area (Å²) >= 11 is 0. The molecule has 134 heavy (non-hydrogen) atoms. The number of carbonyl (C=O) groups is 6. The van der Waals surface area contributed by atoms with E-state index < -0.39 is 47.7 Å². The molecule has 0 aliphatic rings. The highest BCUT2D eigenvalue weighted by atomic mass is 19.4. The molecule has 686 valence electrons. The zero-order chi connectivity index (χ0) is 98.5. The molecule has 12 aromatic carbocycles. The van der Waals surface area contributed by atoms with Gasteiger partial charge < -0.3 is 28.4 Å². The van der Waals surface area contributed by atoms with Gasteiger partial charge in [0.2, 0.25) is 0 Å². The molecule has 12 rings (SSSR count). The summed E-state index contributed by atoms with van der Waals surface area (Å²) in [6, 6.07) is 65.8. The van der Waals surface area contributed by atoms with E-state index in [1.54, 1.807) is 161 Å². The van der Waals surface area contributed by atoms with Gasteiger partial charge in [0.05, 0.1) is 90.0 Å². The lowest BCUT2D eigenvalue weighted by Crippen LogP contribution is -2.04. The summed E-state index contributed by atoms with van der Waals surface area (Å²) in [7, 11) is 9.22. The first-order chi connectivity index (χ1) is 63.7. The summed E-state index contributed by atoms with van der Waals surface area (Å²) < 4.78 is 68.8. The SMILES string of the molecule is COc1cc(C)cc(C(=O)/C=C/c2ccc([N+](=O)[O-])cc2)c1.COc1cc(C)cc(C(=O)/C=C/c2ccc([N+](=O)[O-])cc2[N+](=O)[O-])c1.COc1cc(C)cc(C(=O)/C=C/c2cccc(C(F)(F)F)c2)c1.COc1cc(C)cc(C(=O)/C=C/c2cccc([N+](=O)[O-])c2)c1.COc1cc(C)cc(C(=O)/C=C/c2ccccc2C)c1.COc1cc(C)cc(C(=O)/C=C/c2ccccc2[N+](=O)[O-])c1. The average Bonchev–Trinajstić information content (AvgIpc) is 0.860. The van der Waals surface area contributed by atoms with E-state index in [1.165, 1.54) is 118 Å². The molecule has 0 fully saturated rings. The van der Waals surface area contributed by atoms with Crippen LogP contribution >= 0.6 is 0 Å². The molecule has 0 aliphatic carbocycles. The maximum Gasteiger partial charge on any atom is 0.416 e. The summed E-state index contributed by atoms with van der Waals surface area (Å²) in [4.78, 5) is 124. The van der Waals surface area contributed by atoms with Gasteiger partial charge in [-0.2, -0.15) is 13.2 Å². The predicted molar refractivity (Wildman–Crippen MR) is 508 cm³/mol. The second kappa shape index (κ2) is 50.4. The molecular formula is C104H92F3N5O22. The number of benzene rings is 12. The highest BCUT2D eigenvalue weighted by Crippen LogP contribution is 2.32. The minimum absolute atomic E-state index is 0.00757. The third-order valence-corrected chi connectivity index (χ3v) is 19.1. The molecule has 0 amide bonds. The van der Waals surface area contributed by atoms with E-state index in [4.69, 9.17) is 28.4 Å². The maximum atomic E-state index is 12.7. The van der Waals surface area contributed by atoms with Gasteiger partial charge in [-0.25, -0.2) is 0 Å². The van der Waals surface area contributed by atoms with E-state index in [0.29, 0.717) is 84.6 Å². The van der Waals surface area contributed by atoms with Crippen LogP contribution in [-0.4, -0.2) is 102 Å². The van der Waals surface area contributed by atoms with Crippen LogP contribution in [-0.2, 0) is 6.18 Å². The molecule has 0 saturated carbocycles. The van der Waals surface area contributed by atoms with Crippen LogP contribution in [0.5, 0.6) is 34.5 Å². The van der Waals surface area contributed by atoms with Crippen molar-refractivity contribution in [3.05, 3.63) is 447 Å². The molecule has 0 heterocycles. The van der Waals surface area contributed by atoms with Crippen molar-refractivity contribution >= 4 is 99.6 Å². The number of hydrogen-bond acceptors (Lipinski definition) is 22. The molecule has 0 bridgehead atoms. The van der Waals surface area contributed by atoms with Crippen molar-refractivity contribution in [2.45, 2.75) is 54.6 Å². The van der Waals surface area contributed by atoms with E-state index in [9.17, 15) is 92.5 Å². The summed E-state index contributed by atoms with van der Waals surface area (Å²) in [5.41, 5.74) is 11.2. The Kier molecular flexibility index (Phi) is 39.1. The number of non-ortho nitro benzene ring substituents is 3. The molecule has 30 heteroatoms. The second-order valence-electron chi connectivity index (χ2n) is 29.4. The Morgan fingerprint density at radius 3 is 0.873 bits per heavy atom. The van der Waals surface area contributed by atoms with Gasteiger partial charge in [0.25, 0.3) is 28.4 Å². The first-order valence-electron chi connectivity index (χ1n) is 40.4. The summed E-state index contributed by atoms with van der Waals surface area (Å²) in [6.07, 6.45) is 12.9. The quantitative estimate of drug-likeness (QED) is 0.0182. The average molecular weight is 1820 g/mol. The number of ketones is 6. The van der Waals surface area contributed by atoms with Gasteiger partial charge in [-0.1, -0.05) is 85.0 Å². The van der Waals surface area contributed by atoms with E-state index in [2.05, 4.69) is 0 Å². The van der Waals surface area contributed by atoms with E-state index >= 15 is 0 Å². The molecule has 0 unspecified atom stereocenters. The number of carbonyl (C=O) groups excluding carboxylic acids is 6. The summed E-state index contributed by atoms with van der Waals surface area (Å²) in [6.45, 7) is 13.2. The molecule has 0 radical (unpaired) electrons. The Bertz CT molecular complexity index is 6550. The zero-order valence-electron chi connectivity index (χ0n) is 75.0.